The van der Waals surface area contributed by atoms with E-state index >= 15 is 0 Å². The first-order valence-corrected chi connectivity index (χ1v) is 8.09. The van der Waals surface area contributed by atoms with Crippen molar-refractivity contribution in [3.63, 3.8) is 0 Å². The molecule has 0 saturated heterocycles. The molecule has 0 bridgehead atoms. The lowest BCUT2D eigenvalue weighted by Gasteiger charge is -2.09. The lowest BCUT2D eigenvalue weighted by Crippen LogP contribution is -2.16. The van der Waals surface area contributed by atoms with Crippen LogP contribution in [0.5, 0.6) is 0 Å². The summed E-state index contributed by atoms with van der Waals surface area (Å²) >= 11 is 0. The topological polar surface area (TPSA) is 66.9 Å². The maximum absolute atomic E-state index is 13.7. The summed E-state index contributed by atoms with van der Waals surface area (Å²) in [5, 5.41) is 5.23. The van der Waals surface area contributed by atoms with E-state index in [1.54, 1.807) is 0 Å². The van der Waals surface area contributed by atoms with Gasteiger partial charge in [0.1, 0.15) is 17.8 Å². The van der Waals surface area contributed by atoms with E-state index in [1.807, 2.05) is 30.3 Å². The molecule has 0 aliphatic carbocycles. The maximum atomic E-state index is 13.7. The molecule has 3 rings (SSSR count). The number of hydrogen-bond donors (Lipinski definition) is 2. The van der Waals surface area contributed by atoms with E-state index in [2.05, 4.69) is 20.6 Å². The first-order valence-electron chi connectivity index (χ1n) is 8.09. The van der Waals surface area contributed by atoms with Gasteiger partial charge in [-0.1, -0.05) is 30.3 Å². The molecule has 0 radical (unpaired) electrons. The molecule has 0 atom stereocenters. The average Bonchev–Trinajstić information content (AvgIpc) is 2.69. The predicted molar refractivity (Wildman–Crippen MR) is 94.9 cm³/mol. The summed E-state index contributed by atoms with van der Waals surface area (Å²) in [5.74, 6) is -4.82. The fourth-order valence-corrected chi connectivity index (χ4v) is 2.37. The van der Waals surface area contributed by atoms with Crippen LogP contribution in [0.15, 0.2) is 54.9 Å². The van der Waals surface area contributed by atoms with Crippen LogP contribution in [0.25, 0.3) is 0 Å². The molecule has 2 aromatic carbocycles. The van der Waals surface area contributed by atoms with E-state index in [0.29, 0.717) is 12.4 Å². The van der Waals surface area contributed by atoms with Crippen LogP contribution < -0.4 is 10.6 Å². The van der Waals surface area contributed by atoms with Crippen molar-refractivity contribution in [3.05, 3.63) is 83.6 Å². The van der Waals surface area contributed by atoms with Crippen molar-refractivity contribution in [2.75, 3.05) is 17.2 Å². The molecule has 0 fully saturated rings. The van der Waals surface area contributed by atoms with Gasteiger partial charge < -0.3 is 10.6 Å². The SMILES string of the molecule is O=C(Nc1ccc(F)c(F)c1F)c1cc(NCCc2ccccc2)ncn1. The molecule has 8 heteroatoms. The van der Waals surface area contributed by atoms with E-state index in [4.69, 9.17) is 0 Å². The number of halogens is 3. The fourth-order valence-electron chi connectivity index (χ4n) is 2.37. The van der Waals surface area contributed by atoms with Crippen LogP contribution in [0.3, 0.4) is 0 Å². The lowest BCUT2D eigenvalue weighted by molar-refractivity contribution is 0.102. The minimum atomic E-state index is -1.65. The van der Waals surface area contributed by atoms with Gasteiger partial charge in [0.25, 0.3) is 5.91 Å². The number of carbonyl (C=O) groups excluding carboxylic acids is 1. The Labute approximate surface area is 153 Å². The molecular weight excluding hydrogens is 357 g/mol. The number of anilines is 2. The first kappa shape index (κ1) is 18.4. The van der Waals surface area contributed by atoms with Crippen molar-refractivity contribution >= 4 is 17.4 Å². The highest BCUT2D eigenvalue weighted by molar-refractivity contribution is 6.03. The molecule has 1 amide bonds. The summed E-state index contributed by atoms with van der Waals surface area (Å²) in [4.78, 5) is 20.0. The number of aromatic nitrogens is 2. The Balaban J connectivity index is 1.64. The van der Waals surface area contributed by atoms with Gasteiger partial charge >= 0.3 is 0 Å². The van der Waals surface area contributed by atoms with Crippen molar-refractivity contribution in [1.82, 2.24) is 9.97 Å². The Kier molecular flexibility index (Phi) is 5.65. The molecule has 3 aromatic rings. The highest BCUT2D eigenvalue weighted by atomic mass is 19.2. The molecule has 27 heavy (non-hydrogen) atoms. The monoisotopic (exact) mass is 372 g/mol. The van der Waals surface area contributed by atoms with E-state index < -0.39 is 29.0 Å². The van der Waals surface area contributed by atoms with Crippen molar-refractivity contribution in [2.24, 2.45) is 0 Å². The summed E-state index contributed by atoms with van der Waals surface area (Å²) in [5.41, 5.74) is 0.623. The molecule has 1 heterocycles. The second-order valence-electron chi connectivity index (χ2n) is 5.63. The zero-order valence-corrected chi connectivity index (χ0v) is 14.0. The van der Waals surface area contributed by atoms with E-state index in [1.165, 1.54) is 12.4 Å². The van der Waals surface area contributed by atoms with Crippen molar-refractivity contribution in [2.45, 2.75) is 6.42 Å². The number of nitrogens with zero attached hydrogens (tertiary/aromatic N) is 2. The van der Waals surface area contributed by atoms with Crippen LogP contribution >= 0.6 is 0 Å². The third-order valence-corrected chi connectivity index (χ3v) is 3.75. The maximum Gasteiger partial charge on any atom is 0.274 e. The molecule has 0 aliphatic rings. The van der Waals surface area contributed by atoms with Crippen LogP contribution in [0, 0.1) is 17.5 Å². The normalized spacial score (nSPS) is 10.5. The number of nitrogens with one attached hydrogen (secondary N) is 2. The molecule has 0 saturated carbocycles. The van der Waals surface area contributed by atoms with Gasteiger partial charge in [0.15, 0.2) is 17.5 Å². The molecule has 0 unspecified atom stereocenters. The molecule has 5 nitrogen and oxygen atoms in total. The predicted octanol–water partition coefficient (Wildman–Crippen LogP) is 3.80. The van der Waals surface area contributed by atoms with Gasteiger partial charge in [-0.2, -0.15) is 0 Å². The molecular formula is C19H15F3N4O. The van der Waals surface area contributed by atoms with Crippen molar-refractivity contribution in [3.8, 4) is 0 Å². The molecule has 138 valence electrons. The quantitative estimate of drug-likeness (QED) is 0.646. The smallest absolute Gasteiger partial charge is 0.274 e. The Hall–Kier alpha value is -3.42. The summed E-state index contributed by atoms with van der Waals surface area (Å²) in [6.07, 6.45) is 1.94. The number of rotatable bonds is 6. The van der Waals surface area contributed by atoms with Crippen LogP contribution in [0.2, 0.25) is 0 Å². The average molecular weight is 372 g/mol. The molecule has 0 aliphatic heterocycles. The van der Waals surface area contributed by atoms with E-state index in [9.17, 15) is 18.0 Å². The van der Waals surface area contributed by atoms with Gasteiger partial charge in [-0.25, -0.2) is 23.1 Å². The van der Waals surface area contributed by atoms with Crippen LogP contribution in [-0.2, 0) is 6.42 Å². The van der Waals surface area contributed by atoms with E-state index in [0.717, 1.165) is 24.1 Å². The Morgan fingerprint density at radius 2 is 1.74 bits per heavy atom. The van der Waals surface area contributed by atoms with Crippen molar-refractivity contribution in [1.29, 1.82) is 0 Å². The molecule has 1 aromatic heterocycles. The molecule has 0 spiro atoms. The number of hydrogen-bond acceptors (Lipinski definition) is 4. The zero-order chi connectivity index (χ0) is 19.2. The Morgan fingerprint density at radius 3 is 2.52 bits per heavy atom. The van der Waals surface area contributed by atoms with Gasteiger partial charge in [0, 0.05) is 12.6 Å². The Morgan fingerprint density at radius 1 is 0.963 bits per heavy atom. The Bertz CT molecular complexity index is 951. The van der Waals surface area contributed by atoms with Gasteiger partial charge in [-0.3, -0.25) is 4.79 Å². The zero-order valence-electron chi connectivity index (χ0n) is 14.0. The first-order chi connectivity index (χ1) is 13.0. The third kappa shape index (κ3) is 4.60. The minimum Gasteiger partial charge on any atom is -0.370 e. The summed E-state index contributed by atoms with van der Waals surface area (Å²) in [6.45, 7) is 0.583. The lowest BCUT2D eigenvalue weighted by atomic mass is 10.1. The van der Waals surface area contributed by atoms with Crippen LogP contribution in [0.1, 0.15) is 16.1 Å². The van der Waals surface area contributed by atoms with Crippen LogP contribution in [-0.4, -0.2) is 22.4 Å². The minimum absolute atomic E-state index is 0.0451. The summed E-state index contributed by atoms with van der Waals surface area (Å²) < 4.78 is 39.9. The number of benzene rings is 2. The largest absolute Gasteiger partial charge is 0.370 e. The van der Waals surface area contributed by atoms with E-state index in [-0.39, 0.29) is 5.69 Å². The third-order valence-electron chi connectivity index (χ3n) is 3.75. The number of amides is 1. The van der Waals surface area contributed by atoms with Gasteiger partial charge in [-0.05, 0) is 24.1 Å². The highest BCUT2D eigenvalue weighted by Gasteiger charge is 2.17. The molecule has 2 N–H and O–H groups in total. The highest BCUT2D eigenvalue weighted by Crippen LogP contribution is 2.20. The second kappa shape index (κ2) is 8.31. The standard InChI is InChI=1S/C19H15F3N4O/c20-13-6-7-14(18(22)17(13)21)26-19(27)15-10-16(25-11-24-15)23-9-8-12-4-2-1-3-5-12/h1-7,10-11H,8-9H2,(H,26,27)(H,23,24,25). The number of carbonyl (C=O) groups is 1. The summed E-state index contributed by atoms with van der Waals surface area (Å²) in [6, 6.07) is 12.9. The summed E-state index contributed by atoms with van der Waals surface area (Å²) in [7, 11) is 0. The van der Waals surface area contributed by atoms with Crippen LogP contribution in [0.4, 0.5) is 24.7 Å². The fraction of sp³-hybridized carbons (Fsp3) is 0.105. The van der Waals surface area contributed by atoms with Gasteiger partial charge in [0.05, 0.1) is 5.69 Å². The second-order valence-corrected chi connectivity index (χ2v) is 5.63. The van der Waals surface area contributed by atoms with Gasteiger partial charge in [0.2, 0.25) is 0 Å². The van der Waals surface area contributed by atoms with Gasteiger partial charge in [-0.15, -0.1) is 0 Å². The van der Waals surface area contributed by atoms with Crippen molar-refractivity contribution < 1.29 is 18.0 Å².